The summed E-state index contributed by atoms with van der Waals surface area (Å²) < 4.78 is 22.0. The third kappa shape index (κ3) is 6.42. The zero-order chi connectivity index (χ0) is 27.4. The number of likely N-dealkylation sites (tertiary alicyclic amines) is 1. The molecule has 5 rings (SSSR count). The van der Waals surface area contributed by atoms with Crippen LogP contribution in [0.2, 0.25) is 0 Å². The first-order chi connectivity index (χ1) is 18.9. The molecule has 1 amide bonds. The highest BCUT2D eigenvalue weighted by Crippen LogP contribution is 2.33. The fourth-order valence-corrected chi connectivity index (χ4v) is 5.13. The molecule has 0 saturated carbocycles. The lowest BCUT2D eigenvalue weighted by molar-refractivity contribution is -0.149. The molecule has 0 N–H and O–H groups in total. The summed E-state index contributed by atoms with van der Waals surface area (Å²) in [7, 11) is 0. The van der Waals surface area contributed by atoms with E-state index in [0.717, 1.165) is 29.9 Å². The average Bonchev–Trinajstić information content (AvgIpc) is 3.60. The number of rotatable bonds is 9. The van der Waals surface area contributed by atoms with Crippen LogP contribution in [0.1, 0.15) is 58.4 Å². The fourth-order valence-electron chi connectivity index (χ4n) is 5.13. The van der Waals surface area contributed by atoms with Crippen LogP contribution in [0.4, 0.5) is 0 Å². The summed E-state index contributed by atoms with van der Waals surface area (Å²) >= 11 is 0. The van der Waals surface area contributed by atoms with Crippen molar-refractivity contribution >= 4 is 11.9 Å². The molecular formula is C30H35N3O6. The number of piperidine rings is 1. The lowest BCUT2D eigenvalue weighted by atomic mass is 9.98. The molecule has 3 aromatic rings. The highest BCUT2D eigenvalue weighted by molar-refractivity contribution is 5.92. The molecular weight excluding hydrogens is 498 g/mol. The Labute approximate surface area is 228 Å². The smallest absolute Gasteiger partial charge is 0.310 e. The van der Waals surface area contributed by atoms with Gasteiger partial charge in [0.15, 0.2) is 17.2 Å². The van der Waals surface area contributed by atoms with Crippen LogP contribution in [0, 0.1) is 19.8 Å². The van der Waals surface area contributed by atoms with Crippen molar-refractivity contribution in [2.24, 2.45) is 5.92 Å². The van der Waals surface area contributed by atoms with Crippen LogP contribution in [0.25, 0.3) is 0 Å². The Morgan fingerprint density at radius 2 is 1.92 bits per heavy atom. The van der Waals surface area contributed by atoms with Gasteiger partial charge in [0.05, 0.1) is 19.1 Å². The Morgan fingerprint density at radius 1 is 1.08 bits per heavy atom. The van der Waals surface area contributed by atoms with Gasteiger partial charge in [0.25, 0.3) is 5.91 Å². The van der Waals surface area contributed by atoms with Gasteiger partial charge >= 0.3 is 5.97 Å². The molecule has 2 aliphatic rings. The highest BCUT2D eigenvalue weighted by Gasteiger charge is 2.31. The van der Waals surface area contributed by atoms with Crippen LogP contribution in [0.3, 0.4) is 0 Å². The summed E-state index contributed by atoms with van der Waals surface area (Å²) in [5.41, 5.74) is 4.96. The molecule has 1 fully saturated rings. The Hall–Kier alpha value is -3.85. The van der Waals surface area contributed by atoms with Gasteiger partial charge < -0.3 is 23.5 Å². The quantitative estimate of drug-likeness (QED) is 0.367. The van der Waals surface area contributed by atoms with E-state index >= 15 is 0 Å². The number of oxazole rings is 1. The van der Waals surface area contributed by atoms with Crippen LogP contribution in [0.5, 0.6) is 11.5 Å². The number of esters is 1. The van der Waals surface area contributed by atoms with Gasteiger partial charge in [-0.3, -0.25) is 14.5 Å². The first-order valence-electron chi connectivity index (χ1n) is 13.5. The van der Waals surface area contributed by atoms with E-state index in [1.807, 2.05) is 18.2 Å². The third-order valence-electron chi connectivity index (χ3n) is 7.20. The number of benzene rings is 2. The second-order valence-electron chi connectivity index (χ2n) is 10.2. The molecule has 0 radical (unpaired) electrons. The van der Waals surface area contributed by atoms with E-state index in [4.69, 9.17) is 18.6 Å². The van der Waals surface area contributed by atoms with Gasteiger partial charge in [-0.15, -0.1) is 0 Å². The molecule has 39 heavy (non-hydrogen) atoms. The molecule has 0 bridgehead atoms. The predicted molar refractivity (Wildman–Crippen MR) is 143 cm³/mol. The van der Waals surface area contributed by atoms with Gasteiger partial charge in [0.2, 0.25) is 12.7 Å². The second kappa shape index (κ2) is 11.9. The van der Waals surface area contributed by atoms with Gasteiger partial charge in [0, 0.05) is 26.2 Å². The monoisotopic (exact) mass is 533 g/mol. The number of hydrogen-bond donors (Lipinski definition) is 0. The Bertz CT molecular complexity index is 1340. The number of hydrogen-bond acceptors (Lipinski definition) is 8. The first-order valence-corrected chi connectivity index (χ1v) is 13.5. The largest absolute Gasteiger partial charge is 0.466 e. The Morgan fingerprint density at radius 3 is 2.77 bits per heavy atom. The van der Waals surface area contributed by atoms with E-state index in [9.17, 15) is 9.59 Å². The maximum absolute atomic E-state index is 13.2. The SMILES string of the molecule is CCOC(=O)C1CCCN(C(=O)c2coc(CN(Cc3ccc4c(c3)OCO4)Cc3cc(C)ccc3C)n2)C1. The van der Waals surface area contributed by atoms with Crippen molar-refractivity contribution in [1.29, 1.82) is 0 Å². The van der Waals surface area contributed by atoms with Gasteiger partial charge in [0.1, 0.15) is 6.26 Å². The maximum atomic E-state index is 13.2. The number of aryl methyl sites for hydroxylation is 2. The van der Waals surface area contributed by atoms with Crippen molar-refractivity contribution < 1.29 is 28.2 Å². The van der Waals surface area contributed by atoms with E-state index in [1.54, 1.807) is 11.8 Å². The zero-order valence-corrected chi connectivity index (χ0v) is 22.8. The summed E-state index contributed by atoms with van der Waals surface area (Å²) in [5.74, 6) is 1.17. The minimum atomic E-state index is -0.302. The molecule has 1 atom stereocenters. The van der Waals surface area contributed by atoms with Crippen LogP contribution in [-0.2, 0) is 29.2 Å². The summed E-state index contributed by atoms with van der Waals surface area (Å²) in [6.07, 6.45) is 2.89. The molecule has 9 nitrogen and oxygen atoms in total. The van der Waals surface area contributed by atoms with Crippen molar-refractivity contribution in [2.75, 3.05) is 26.5 Å². The molecule has 1 unspecified atom stereocenters. The number of aromatic nitrogens is 1. The molecule has 1 aromatic heterocycles. The van der Waals surface area contributed by atoms with E-state index in [-0.39, 0.29) is 30.3 Å². The number of fused-ring (bicyclic) bond motifs is 1. The average molecular weight is 534 g/mol. The van der Waals surface area contributed by atoms with Crippen molar-refractivity contribution in [1.82, 2.24) is 14.8 Å². The van der Waals surface area contributed by atoms with Crippen molar-refractivity contribution in [2.45, 2.75) is 53.2 Å². The molecule has 206 valence electrons. The summed E-state index contributed by atoms with van der Waals surface area (Å²) in [5, 5.41) is 0. The fraction of sp³-hybridized carbons (Fsp3) is 0.433. The van der Waals surface area contributed by atoms with E-state index in [0.29, 0.717) is 45.2 Å². The molecule has 1 saturated heterocycles. The molecule has 2 aliphatic heterocycles. The minimum Gasteiger partial charge on any atom is -0.466 e. The van der Waals surface area contributed by atoms with Gasteiger partial charge in [-0.2, -0.15) is 0 Å². The van der Waals surface area contributed by atoms with Crippen LogP contribution in [-0.4, -0.2) is 53.1 Å². The van der Waals surface area contributed by atoms with Crippen molar-refractivity contribution in [3.63, 3.8) is 0 Å². The molecule has 9 heteroatoms. The zero-order valence-electron chi connectivity index (χ0n) is 22.8. The lowest BCUT2D eigenvalue weighted by Gasteiger charge is -2.30. The van der Waals surface area contributed by atoms with Crippen molar-refractivity contribution in [3.8, 4) is 11.5 Å². The van der Waals surface area contributed by atoms with Crippen molar-refractivity contribution in [3.05, 3.63) is 76.5 Å². The Kier molecular flexibility index (Phi) is 8.16. The third-order valence-corrected chi connectivity index (χ3v) is 7.20. The van der Waals surface area contributed by atoms with E-state index < -0.39 is 0 Å². The number of amides is 1. The van der Waals surface area contributed by atoms with Crippen LogP contribution < -0.4 is 9.47 Å². The predicted octanol–water partition coefficient (Wildman–Crippen LogP) is 4.64. The first kappa shape index (κ1) is 26.7. The standard InChI is InChI=1S/C30H35N3O6/c1-4-36-30(35)23-6-5-11-33(16-23)29(34)25-18-37-28(31-25)17-32(15-24-12-20(2)7-8-21(24)3)14-22-9-10-26-27(13-22)39-19-38-26/h7-10,12-13,18,23H,4-6,11,14-17,19H2,1-3H3. The van der Waals surface area contributed by atoms with E-state index in [1.165, 1.54) is 23.0 Å². The molecule has 0 aliphatic carbocycles. The molecule has 3 heterocycles. The maximum Gasteiger partial charge on any atom is 0.310 e. The topological polar surface area (TPSA) is 94.3 Å². The second-order valence-corrected chi connectivity index (χ2v) is 10.2. The van der Waals surface area contributed by atoms with Gasteiger partial charge in [-0.25, -0.2) is 4.98 Å². The number of nitrogens with zero attached hydrogens (tertiary/aromatic N) is 3. The van der Waals surface area contributed by atoms with Gasteiger partial charge in [-0.05, 0) is 62.4 Å². The Balaban J connectivity index is 1.31. The summed E-state index contributed by atoms with van der Waals surface area (Å²) in [4.78, 5) is 33.9. The highest BCUT2D eigenvalue weighted by atomic mass is 16.7. The molecule has 0 spiro atoms. The number of ether oxygens (including phenoxy) is 3. The summed E-state index contributed by atoms with van der Waals surface area (Å²) in [6.45, 7) is 9.20. The summed E-state index contributed by atoms with van der Waals surface area (Å²) in [6, 6.07) is 12.4. The number of carbonyl (C=O) groups is 2. The molecule has 2 aromatic carbocycles. The van der Waals surface area contributed by atoms with E-state index in [2.05, 4.69) is 41.9 Å². The van der Waals surface area contributed by atoms with Gasteiger partial charge in [-0.1, -0.05) is 29.8 Å². The van der Waals surface area contributed by atoms with Crippen LogP contribution in [0.15, 0.2) is 47.1 Å². The van der Waals surface area contributed by atoms with Crippen LogP contribution >= 0.6 is 0 Å². The lowest BCUT2D eigenvalue weighted by Crippen LogP contribution is -2.43. The minimum absolute atomic E-state index is 0.226. The number of carbonyl (C=O) groups excluding carboxylic acids is 2. The normalized spacial score (nSPS) is 16.5.